The molecule has 2 atom stereocenters. The summed E-state index contributed by atoms with van der Waals surface area (Å²) in [6, 6.07) is 13.0. The number of rotatable bonds is 11. The Morgan fingerprint density at radius 3 is 1.12 bits per heavy atom. The fourth-order valence-electron chi connectivity index (χ4n) is 3.50. The summed E-state index contributed by atoms with van der Waals surface area (Å²) in [7, 11) is -7.83. The van der Waals surface area contributed by atoms with E-state index >= 15 is 0 Å². The second-order valence-corrected chi connectivity index (χ2v) is 12.1. The van der Waals surface area contributed by atoms with Crippen molar-refractivity contribution >= 4 is 20.2 Å². The number of hydrogen-bond donors (Lipinski definition) is 0. The molecule has 178 valence electrons. The fourth-order valence-corrected chi connectivity index (χ4v) is 5.39. The second-order valence-electron chi connectivity index (χ2n) is 8.92. The zero-order chi connectivity index (χ0) is 24.1. The van der Waals surface area contributed by atoms with Crippen molar-refractivity contribution < 1.29 is 25.2 Å². The van der Waals surface area contributed by atoms with E-state index in [0.29, 0.717) is 0 Å². The monoisotopic (exact) mass is 482 g/mol. The summed E-state index contributed by atoms with van der Waals surface area (Å²) in [6.07, 6.45) is 0. The first-order chi connectivity index (χ1) is 14.8. The molecule has 0 saturated carbocycles. The summed E-state index contributed by atoms with van der Waals surface area (Å²) in [5.41, 5.74) is 1.91. The van der Waals surface area contributed by atoms with Crippen LogP contribution in [-0.2, 0) is 28.6 Å². The summed E-state index contributed by atoms with van der Waals surface area (Å²) in [5.74, 6) is -0.325. The molecule has 0 aliphatic rings. The van der Waals surface area contributed by atoms with Gasteiger partial charge in [0.05, 0.1) is 23.0 Å². The third kappa shape index (κ3) is 7.13. The largest absolute Gasteiger partial charge is 0.296 e. The topological polar surface area (TPSA) is 86.7 Å². The average molecular weight is 483 g/mol. The van der Waals surface area contributed by atoms with Crippen LogP contribution in [0.15, 0.2) is 58.3 Å². The minimum atomic E-state index is -3.91. The number of aryl methyl sites for hydroxylation is 2. The average Bonchev–Trinajstić information content (AvgIpc) is 2.70. The molecule has 8 heteroatoms. The van der Waals surface area contributed by atoms with Crippen molar-refractivity contribution in [3.05, 3.63) is 59.7 Å². The smallest absolute Gasteiger partial charge is 0.266 e. The maximum atomic E-state index is 12.6. The maximum Gasteiger partial charge on any atom is 0.296 e. The first-order valence-electron chi connectivity index (χ1n) is 10.8. The van der Waals surface area contributed by atoms with E-state index in [9.17, 15) is 16.8 Å². The van der Waals surface area contributed by atoms with E-state index in [1.54, 1.807) is 24.3 Å². The van der Waals surface area contributed by atoms with Gasteiger partial charge in [-0.05, 0) is 61.8 Å². The van der Waals surface area contributed by atoms with Gasteiger partial charge in [0.25, 0.3) is 20.2 Å². The van der Waals surface area contributed by atoms with Crippen molar-refractivity contribution in [2.45, 2.75) is 51.3 Å². The molecule has 0 aromatic heterocycles. The second kappa shape index (κ2) is 10.9. The minimum absolute atomic E-state index is 0.0509. The molecule has 0 amide bonds. The van der Waals surface area contributed by atoms with Crippen molar-refractivity contribution in [2.24, 2.45) is 23.7 Å². The highest BCUT2D eigenvalue weighted by atomic mass is 32.2. The van der Waals surface area contributed by atoms with Gasteiger partial charge in [-0.3, -0.25) is 8.37 Å². The number of benzene rings is 2. The third-order valence-electron chi connectivity index (χ3n) is 5.71. The van der Waals surface area contributed by atoms with Crippen molar-refractivity contribution in [2.75, 3.05) is 13.2 Å². The van der Waals surface area contributed by atoms with Gasteiger partial charge in [0.1, 0.15) is 0 Å². The van der Waals surface area contributed by atoms with Crippen LogP contribution in [0.4, 0.5) is 0 Å². The fraction of sp³-hybridized carbons (Fsp3) is 0.500. The summed E-state index contributed by atoms with van der Waals surface area (Å²) in [5, 5.41) is 0. The van der Waals surface area contributed by atoms with Crippen LogP contribution in [0.25, 0.3) is 0 Å². The zero-order valence-electron chi connectivity index (χ0n) is 19.6. The molecule has 0 N–H and O–H groups in total. The van der Waals surface area contributed by atoms with E-state index in [0.717, 1.165) is 11.1 Å². The maximum absolute atomic E-state index is 12.6. The molecule has 0 aliphatic heterocycles. The molecule has 32 heavy (non-hydrogen) atoms. The molecular weight excluding hydrogens is 448 g/mol. The molecule has 0 unspecified atom stereocenters. The normalized spacial score (nSPS) is 14.6. The van der Waals surface area contributed by atoms with E-state index in [4.69, 9.17) is 8.37 Å². The van der Waals surface area contributed by atoms with Crippen molar-refractivity contribution in [3.63, 3.8) is 0 Å². The molecular formula is C24H34O6S2. The highest BCUT2D eigenvalue weighted by molar-refractivity contribution is 7.87. The Hall–Kier alpha value is -1.74. The highest BCUT2D eigenvalue weighted by Gasteiger charge is 2.31. The lowest BCUT2D eigenvalue weighted by molar-refractivity contribution is 0.0846. The van der Waals surface area contributed by atoms with Crippen LogP contribution in [0.3, 0.4) is 0 Å². The van der Waals surface area contributed by atoms with Gasteiger partial charge in [-0.25, -0.2) is 0 Å². The van der Waals surface area contributed by atoms with Crippen molar-refractivity contribution in [1.82, 2.24) is 0 Å². The highest BCUT2D eigenvalue weighted by Crippen LogP contribution is 2.30. The van der Waals surface area contributed by atoms with E-state index < -0.39 is 20.2 Å². The molecule has 0 aliphatic carbocycles. The predicted octanol–water partition coefficient (Wildman–Crippen LogP) is 4.96. The molecule has 0 saturated heterocycles. The van der Waals surface area contributed by atoms with Gasteiger partial charge in [-0.1, -0.05) is 63.1 Å². The lowest BCUT2D eigenvalue weighted by Gasteiger charge is -2.32. The Kier molecular flexibility index (Phi) is 9.05. The molecule has 0 fully saturated rings. The third-order valence-corrected chi connectivity index (χ3v) is 8.30. The SMILES string of the molecule is Cc1ccc(S(=O)(=O)OC[C@H](C(C)C)[C@H](COS(=O)(=O)c2ccc(C)cc2)C(C)C)cc1. The summed E-state index contributed by atoms with van der Waals surface area (Å²) < 4.78 is 61.4. The molecule has 0 bridgehead atoms. The summed E-state index contributed by atoms with van der Waals surface area (Å²) in [4.78, 5) is 0.204. The zero-order valence-corrected chi connectivity index (χ0v) is 21.2. The van der Waals surface area contributed by atoms with Crippen molar-refractivity contribution in [3.8, 4) is 0 Å². The number of hydrogen-bond acceptors (Lipinski definition) is 6. The van der Waals surface area contributed by atoms with Crippen LogP contribution >= 0.6 is 0 Å². The van der Waals surface area contributed by atoms with Crippen molar-refractivity contribution in [1.29, 1.82) is 0 Å². The quantitative estimate of drug-likeness (QED) is 0.421. The predicted molar refractivity (Wildman–Crippen MR) is 125 cm³/mol. The molecule has 2 rings (SSSR count). The minimum Gasteiger partial charge on any atom is -0.266 e. The molecule has 2 aromatic carbocycles. The molecule has 2 aromatic rings. The Morgan fingerprint density at radius 2 is 0.875 bits per heavy atom. The van der Waals surface area contributed by atoms with Gasteiger partial charge in [0.15, 0.2) is 0 Å². The van der Waals surface area contributed by atoms with E-state index in [-0.39, 0.29) is 46.7 Å². The lowest BCUT2D eigenvalue weighted by atomic mass is 9.78. The van der Waals surface area contributed by atoms with Crippen LogP contribution in [0, 0.1) is 37.5 Å². The van der Waals surface area contributed by atoms with Crippen LogP contribution in [-0.4, -0.2) is 30.0 Å². The molecule has 0 heterocycles. The van der Waals surface area contributed by atoms with Crippen LogP contribution < -0.4 is 0 Å². The Balaban J connectivity index is 2.15. The van der Waals surface area contributed by atoms with E-state index in [2.05, 4.69) is 0 Å². The Morgan fingerprint density at radius 1 is 0.594 bits per heavy atom. The van der Waals surface area contributed by atoms with Gasteiger partial charge in [0.2, 0.25) is 0 Å². The first-order valence-corrected chi connectivity index (χ1v) is 13.6. The lowest BCUT2D eigenvalue weighted by Crippen LogP contribution is -2.33. The van der Waals surface area contributed by atoms with Crippen LogP contribution in [0.2, 0.25) is 0 Å². The van der Waals surface area contributed by atoms with E-state index in [1.165, 1.54) is 24.3 Å². The Labute approximate surface area is 193 Å². The molecule has 6 nitrogen and oxygen atoms in total. The van der Waals surface area contributed by atoms with Gasteiger partial charge < -0.3 is 0 Å². The van der Waals surface area contributed by atoms with Gasteiger partial charge in [-0.2, -0.15) is 16.8 Å². The van der Waals surface area contributed by atoms with Crippen LogP contribution in [0.5, 0.6) is 0 Å². The van der Waals surface area contributed by atoms with E-state index in [1.807, 2.05) is 41.5 Å². The van der Waals surface area contributed by atoms with Crippen LogP contribution in [0.1, 0.15) is 38.8 Å². The van der Waals surface area contributed by atoms with Gasteiger partial charge >= 0.3 is 0 Å². The van der Waals surface area contributed by atoms with Gasteiger partial charge in [0, 0.05) is 0 Å². The Bertz CT molecular complexity index is 981. The molecule has 0 radical (unpaired) electrons. The summed E-state index contributed by atoms with van der Waals surface area (Å²) in [6.45, 7) is 11.5. The summed E-state index contributed by atoms with van der Waals surface area (Å²) >= 11 is 0. The first kappa shape index (κ1) is 26.5. The molecule has 0 spiro atoms. The van der Waals surface area contributed by atoms with Gasteiger partial charge in [-0.15, -0.1) is 0 Å². The standard InChI is InChI=1S/C24H34O6S2/c1-17(2)23(15-29-31(25,26)21-11-7-19(5)8-12-21)24(18(3)4)16-30-32(27,28)22-13-9-20(6)10-14-22/h7-14,17-18,23-24H,15-16H2,1-6H3/t23-,24-/m1/s1.